The van der Waals surface area contributed by atoms with Crippen molar-refractivity contribution in [1.29, 1.82) is 0 Å². The van der Waals surface area contributed by atoms with Crippen LogP contribution in [0, 0.1) is 0 Å². The Bertz CT molecular complexity index is 1320. The number of nitrogens with one attached hydrogen (secondary N) is 1. The topological polar surface area (TPSA) is 111 Å². The molecule has 10 heteroatoms. The van der Waals surface area contributed by atoms with Crippen LogP contribution < -0.4 is 15.6 Å². The minimum atomic E-state index is -3.72. The zero-order chi connectivity index (χ0) is 23.4. The molecule has 1 amide bonds. The number of aryl methyl sites for hydroxylation is 1. The lowest BCUT2D eigenvalue weighted by molar-refractivity contribution is 0.101. The maximum absolute atomic E-state index is 13.2. The fourth-order valence-corrected chi connectivity index (χ4v) is 5.08. The highest BCUT2D eigenvalue weighted by molar-refractivity contribution is 7.89. The number of ether oxygens (including phenoxy) is 1. The van der Waals surface area contributed by atoms with Crippen molar-refractivity contribution in [3.8, 4) is 11.5 Å². The fourth-order valence-electron chi connectivity index (χ4n) is 3.54. The van der Waals surface area contributed by atoms with E-state index in [1.165, 1.54) is 41.7 Å². The van der Waals surface area contributed by atoms with Crippen LogP contribution in [0.25, 0.3) is 0 Å². The molecule has 1 N–H and O–H groups in total. The normalized spacial score (nSPS) is 14.6. The summed E-state index contributed by atoms with van der Waals surface area (Å²) in [6, 6.07) is 15.9. The number of anilines is 1. The lowest BCUT2D eigenvalue weighted by Crippen LogP contribution is -2.35. The molecule has 33 heavy (non-hydrogen) atoms. The Morgan fingerprint density at radius 3 is 2.42 bits per heavy atom. The second-order valence-corrected chi connectivity index (χ2v) is 9.61. The summed E-state index contributed by atoms with van der Waals surface area (Å²) in [5.41, 5.74) is -0.168. The third-order valence-corrected chi connectivity index (χ3v) is 7.21. The molecule has 1 fully saturated rings. The molecule has 1 saturated heterocycles. The van der Waals surface area contributed by atoms with E-state index in [1.54, 1.807) is 24.3 Å². The molecule has 1 aromatic heterocycles. The molecule has 4 rings (SSSR count). The first-order valence-corrected chi connectivity index (χ1v) is 12.0. The number of para-hydroxylation sites is 1. The molecule has 1 aliphatic heterocycles. The van der Waals surface area contributed by atoms with E-state index in [0.29, 0.717) is 18.8 Å². The molecule has 3 aromatic rings. The van der Waals surface area contributed by atoms with Crippen LogP contribution in [0.15, 0.2) is 70.4 Å². The van der Waals surface area contributed by atoms with Crippen LogP contribution in [0.5, 0.6) is 11.5 Å². The van der Waals surface area contributed by atoms with E-state index in [1.807, 2.05) is 6.07 Å². The van der Waals surface area contributed by atoms with Crippen molar-refractivity contribution in [2.75, 3.05) is 18.4 Å². The Morgan fingerprint density at radius 1 is 1.00 bits per heavy atom. The SMILES string of the molecule is Cn1nc(C(=O)Nc2cc(S(=O)(=O)N3CCCCC3)ccc2Oc2ccccc2)ccc1=O. The van der Waals surface area contributed by atoms with Gasteiger partial charge in [0.25, 0.3) is 11.5 Å². The van der Waals surface area contributed by atoms with Gasteiger partial charge in [0.1, 0.15) is 11.4 Å². The number of nitrogens with zero attached hydrogens (tertiary/aromatic N) is 3. The molecule has 2 aromatic carbocycles. The van der Waals surface area contributed by atoms with Gasteiger partial charge in [0, 0.05) is 26.2 Å². The Kier molecular flexibility index (Phi) is 6.57. The van der Waals surface area contributed by atoms with E-state index in [9.17, 15) is 18.0 Å². The lowest BCUT2D eigenvalue weighted by atomic mass is 10.2. The maximum atomic E-state index is 13.2. The molecule has 2 heterocycles. The van der Waals surface area contributed by atoms with Gasteiger partial charge in [-0.25, -0.2) is 13.1 Å². The minimum absolute atomic E-state index is 0.00653. The van der Waals surface area contributed by atoms with Gasteiger partial charge in [-0.15, -0.1) is 0 Å². The van der Waals surface area contributed by atoms with Gasteiger partial charge in [-0.05, 0) is 49.2 Å². The summed E-state index contributed by atoms with van der Waals surface area (Å²) < 4.78 is 34.8. The van der Waals surface area contributed by atoms with Crippen LogP contribution in [-0.4, -0.2) is 41.5 Å². The van der Waals surface area contributed by atoms with Crippen molar-refractivity contribution < 1.29 is 17.9 Å². The maximum Gasteiger partial charge on any atom is 0.276 e. The molecule has 0 radical (unpaired) electrons. The Morgan fingerprint density at radius 2 is 1.73 bits per heavy atom. The molecule has 172 valence electrons. The van der Waals surface area contributed by atoms with E-state index in [-0.39, 0.29) is 27.6 Å². The second-order valence-electron chi connectivity index (χ2n) is 7.67. The summed E-state index contributed by atoms with van der Waals surface area (Å²) in [5, 5.41) is 6.64. The summed E-state index contributed by atoms with van der Waals surface area (Å²) in [6.07, 6.45) is 2.64. The highest BCUT2D eigenvalue weighted by atomic mass is 32.2. The molecular weight excluding hydrogens is 444 g/mol. The number of rotatable bonds is 6. The molecule has 0 bridgehead atoms. The highest BCUT2D eigenvalue weighted by Crippen LogP contribution is 2.33. The number of hydrogen-bond donors (Lipinski definition) is 1. The molecule has 0 aliphatic carbocycles. The summed E-state index contributed by atoms with van der Waals surface area (Å²) in [5.74, 6) is 0.202. The third kappa shape index (κ3) is 5.12. The Balaban J connectivity index is 1.70. The summed E-state index contributed by atoms with van der Waals surface area (Å²) in [4.78, 5) is 24.5. The molecule has 9 nitrogen and oxygen atoms in total. The van der Waals surface area contributed by atoms with Crippen LogP contribution in [0.2, 0.25) is 0 Å². The quantitative estimate of drug-likeness (QED) is 0.595. The molecule has 0 unspecified atom stereocenters. The van der Waals surface area contributed by atoms with Crippen molar-refractivity contribution in [2.45, 2.75) is 24.2 Å². The smallest absolute Gasteiger partial charge is 0.276 e. The fraction of sp³-hybridized carbons (Fsp3) is 0.261. The number of carbonyl (C=O) groups is 1. The monoisotopic (exact) mass is 468 g/mol. The van der Waals surface area contributed by atoms with Gasteiger partial charge in [0.15, 0.2) is 5.75 Å². The number of sulfonamides is 1. The molecule has 0 atom stereocenters. The lowest BCUT2D eigenvalue weighted by Gasteiger charge is -2.26. The van der Waals surface area contributed by atoms with Crippen LogP contribution in [0.1, 0.15) is 29.8 Å². The van der Waals surface area contributed by atoms with Crippen LogP contribution in [0.4, 0.5) is 5.69 Å². The van der Waals surface area contributed by atoms with Crippen molar-refractivity contribution >= 4 is 21.6 Å². The average Bonchev–Trinajstić information content (AvgIpc) is 2.83. The van der Waals surface area contributed by atoms with E-state index in [2.05, 4.69) is 10.4 Å². The number of aromatic nitrogens is 2. The minimum Gasteiger partial charge on any atom is -0.455 e. The molecular formula is C23H24N4O5S. The average molecular weight is 469 g/mol. The van der Waals surface area contributed by atoms with Crippen LogP contribution in [0.3, 0.4) is 0 Å². The number of amides is 1. The van der Waals surface area contributed by atoms with Gasteiger partial charge in [-0.1, -0.05) is 24.6 Å². The summed E-state index contributed by atoms with van der Waals surface area (Å²) in [6.45, 7) is 0.933. The number of benzene rings is 2. The van der Waals surface area contributed by atoms with Gasteiger partial charge in [-0.3, -0.25) is 9.59 Å². The number of hydrogen-bond acceptors (Lipinski definition) is 6. The Hall–Kier alpha value is -3.50. The summed E-state index contributed by atoms with van der Waals surface area (Å²) >= 11 is 0. The number of piperidine rings is 1. The predicted molar refractivity (Wildman–Crippen MR) is 123 cm³/mol. The van der Waals surface area contributed by atoms with Crippen LogP contribution in [-0.2, 0) is 17.1 Å². The van der Waals surface area contributed by atoms with Gasteiger partial charge in [0.2, 0.25) is 10.0 Å². The van der Waals surface area contributed by atoms with Gasteiger partial charge < -0.3 is 10.1 Å². The first kappa shape index (κ1) is 22.7. The zero-order valence-electron chi connectivity index (χ0n) is 18.1. The Labute approximate surface area is 191 Å². The second kappa shape index (κ2) is 9.55. The van der Waals surface area contributed by atoms with Gasteiger partial charge in [0.05, 0.1) is 10.6 Å². The first-order chi connectivity index (χ1) is 15.8. The highest BCUT2D eigenvalue weighted by Gasteiger charge is 2.27. The van der Waals surface area contributed by atoms with Crippen molar-refractivity contribution in [3.05, 3.63) is 76.7 Å². The van der Waals surface area contributed by atoms with Crippen molar-refractivity contribution in [2.24, 2.45) is 7.05 Å². The molecule has 1 aliphatic rings. The van der Waals surface area contributed by atoms with E-state index in [0.717, 1.165) is 23.9 Å². The van der Waals surface area contributed by atoms with Crippen LogP contribution >= 0.6 is 0 Å². The molecule has 0 saturated carbocycles. The molecule has 0 spiro atoms. The van der Waals surface area contributed by atoms with Crippen molar-refractivity contribution in [1.82, 2.24) is 14.1 Å². The first-order valence-electron chi connectivity index (χ1n) is 10.6. The zero-order valence-corrected chi connectivity index (χ0v) is 18.9. The summed E-state index contributed by atoms with van der Waals surface area (Å²) in [7, 11) is -2.28. The van der Waals surface area contributed by atoms with E-state index in [4.69, 9.17) is 4.74 Å². The van der Waals surface area contributed by atoms with Crippen molar-refractivity contribution in [3.63, 3.8) is 0 Å². The van der Waals surface area contributed by atoms with Gasteiger partial charge in [-0.2, -0.15) is 9.40 Å². The third-order valence-electron chi connectivity index (χ3n) is 5.32. The van der Waals surface area contributed by atoms with E-state index >= 15 is 0 Å². The standard InChI is InChI=1S/C23H24N4O5S/c1-26-22(28)13-11-19(25-26)23(29)24-20-16-18(33(30,31)27-14-6-3-7-15-27)10-12-21(20)32-17-8-4-2-5-9-17/h2,4-5,8-13,16H,3,6-7,14-15H2,1H3,(H,24,29). The van der Waals surface area contributed by atoms with Gasteiger partial charge >= 0.3 is 0 Å². The predicted octanol–water partition coefficient (Wildman–Crippen LogP) is 3.00. The largest absolute Gasteiger partial charge is 0.455 e. The number of carbonyl (C=O) groups excluding carboxylic acids is 1. The van der Waals surface area contributed by atoms with E-state index < -0.39 is 15.9 Å².